The molecule has 5 nitrogen and oxygen atoms in total. The third-order valence-corrected chi connectivity index (χ3v) is 5.36. The highest BCUT2D eigenvalue weighted by atomic mass is 19.3. The average Bonchev–Trinajstić information content (AvgIpc) is 2.71. The summed E-state index contributed by atoms with van der Waals surface area (Å²) in [6.45, 7) is 1.69. The second-order valence-corrected chi connectivity index (χ2v) is 8.33. The van der Waals surface area contributed by atoms with Crippen LogP contribution >= 0.6 is 0 Å². The Labute approximate surface area is 181 Å². The molecule has 1 aliphatic heterocycles. The molecule has 1 heterocycles. The van der Waals surface area contributed by atoms with E-state index in [1.807, 2.05) is 38.1 Å². The van der Waals surface area contributed by atoms with Crippen molar-refractivity contribution in [1.29, 1.82) is 0 Å². The van der Waals surface area contributed by atoms with Gasteiger partial charge in [-0.15, -0.1) is 0 Å². The number of rotatable bonds is 7. The molecule has 0 bridgehead atoms. The van der Waals surface area contributed by atoms with E-state index < -0.39 is 12.7 Å². The maximum atomic E-state index is 13.4. The van der Waals surface area contributed by atoms with Crippen molar-refractivity contribution in [2.45, 2.75) is 52.4 Å². The molecule has 31 heavy (non-hydrogen) atoms. The summed E-state index contributed by atoms with van der Waals surface area (Å²) >= 11 is 0. The predicted octanol–water partition coefficient (Wildman–Crippen LogP) is 4.25. The molecule has 1 aliphatic rings. The first-order valence-corrected chi connectivity index (χ1v) is 10.4. The quantitative estimate of drug-likeness (QED) is 0.660. The van der Waals surface area contributed by atoms with Crippen LogP contribution in [0.3, 0.4) is 0 Å². The summed E-state index contributed by atoms with van der Waals surface area (Å²) in [5.41, 5.74) is 2.80. The summed E-state index contributed by atoms with van der Waals surface area (Å²) < 4.78 is 29.4. The zero-order valence-electron chi connectivity index (χ0n) is 18.1. The summed E-state index contributed by atoms with van der Waals surface area (Å²) in [5, 5.41) is 0. The molecule has 2 aromatic carbocycles. The van der Waals surface area contributed by atoms with E-state index in [-0.39, 0.29) is 30.0 Å². The van der Waals surface area contributed by atoms with Crippen molar-refractivity contribution in [3.63, 3.8) is 0 Å². The number of nitrogens with zero attached hydrogens (tertiary/aromatic N) is 2. The van der Waals surface area contributed by atoms with E-state index in [2.05, 4.69) is 4.74 Å². The number of hydrogen-bond acceptors (Lipinski definition) is 3. The van der Waals surface area contributed by atoms with Crippen LogP contribution in [0.5, 0.6) is 5.75 Å². The minimum Gasteiger partial charge on any atom is -0.435 e. The van der Waals surface area contributed by atoms with Crippen LogP contribution in [-0.2, 0) is 29.1 Å². The van der Waals surface area contributed by atoms with Gasteiger partial charge in [-0.05, 0) is 34.7 Å². The second-order valence-electron chi connectivity index (χ2n) is 8.33. The first-order chi connectivity index (χ1) is 14.7. The van der Waals surface area contributed by atoms with Crippen LogP contribution in [0.2, 0.25) is 0 Å². The zero-order valence-corrected chi connectivity index (χ0v) is 18.1. The van der Waals surface area contributed by atoms with Gasteiger partial charge >= 0.3 is 6.61 Å². The molecule has 0 saturated carbocycles. The van der Waals surface area contributed by atoms with Gasteiger partial charge in [0.05, 0.1) is 0 Å². The summed E-state index contributed by atoms with van der Waals surface area (Å²) in [6.07, 6.45) is 0.834. The van der Waals surface area contributed by atoms with E-state index in [1.165, 1.54) is 17.0 Å². The second kappa shape index (κ2) is 9.90. The van der Waals surface area contributed by atoms with E-state index in [1.54, 1.807) is 24.1 Å². The van der Waals surface area contributed by atoms with Crippen molar-refractivity contribution < 1.29 is 23.1 Å². The maximum Gasteiger partial charge on any atom is 0.387 e. The fraction of sp³-hybridized carbons (Fsp3) is 0.417. The molecule has 2 amide bonds. The fourth-order valence-corrected chi connectivity index (χ4v) is 3.90. The van der Waals surface area contributed by atoms with Gasteiger partial charge in [-0.1, -0.05) is 50.2 Å². The van der Waals surface area contributed by atoms with E-state index >= 15 is 0 Å². The molecule has 166 valence electrons. The van der Waals surface area contributed by atoms with E-state index in [0.717, 1.165) is 11.1 Å². The van der Waals surface area contributed by atoms with Crippen molar-refractivity contribution in [2.24, 2.45) is 5.92 Å². The number of alkyl halides is 2. The molecular formula is C24H28F2N2O3. The van der Waals surface area contributed by atoms with Crippen LogP contribution in [0, 0.1) is 5.92 Å². The molecule has 7 heteroatoms. The molecule has 0 radical (unpaired) electrons. The Balaban J connectivity index is 1.79. The number of fused-ring (bicyclic) bond motifs is 1. The van der Waals surface area contributed by atoms with Crippen molar-refractivity contribution in [3.8, 4) is 5.75 Å². The summed E-state index contributed by atoms with van der Waals surface area (Å²) in [6, 6.07) is 13.6. The van der Waals surface area contributed by atoms with Crippen molar-refractivity contribution in [1.82, 2.24) is 9.80 Å². The first-order valence-electron chi connectivity index (χ1n) is 10.4. The van der Waals surface area contributed by atoms with Gasteiger partial charge in [-0.3, -0.25) is 9.59 Å². The number of hydrogen-bond donors (Lipinski definition) is 0. The number of amides is 2. The van der Waals surface area contributed by atoms with Gasteiger partial charge in [0.15, 0.2) is 0 Å². The van der Waals surface area contributed by atoms with Crippen molar-refractivity contribution in [2.75, 3.05) is 7.05 Å². The van der Waals surface area contributed by atoms with Gasteiger partial charge in [0.1, 0.15) is 11.8 Å². The van der Waals surface area contributed by atoms with Crippen molar-refractivity contribution >= 4 is 11.8 Å². The highest BCUT2D eigenvalue weighted by Gasteiger charge is 2.36. The van der Waals surface area contributed by atoms with E-state index in [4.69, 9.17) is 0 Å². The summed E-state index contributed by atoms with van der Waals surface area (Å²) in [7, 11) is 1.66. The predicted molar refractivity (Wildman–Crippen MR) is 113 cm³/mol. The van der Waals surface area contributed by atoms with Crippen LogP contribution in [0.4, 0.5) is 8.78 Å². The fourth-order valence-electron chi connectivity index (χ4n) is 3.90. The molecule has 2 aromatic rings. The number of carbonyl (C=O) groups excluding carboxylic acids is 2. The lowest BCUT2D eigenvalue weighted by atomic mass is 9.92. The number of likely N-dealkylation sites (N-methyl/N-ethyl adjacent to an activating group) is 1. The van der Waals surface area contributed by atoms with Gasteiger partial charge in [-0.25, -0.2) is 0 Å². The highest BCUT2D eigenvalue weighted by Crippen LogP contribution is 2.26. The van der Waals surface area contributed by atoms with Gasteiger partial charge in [0.2, 0.25) is 11.8 Å². The molecule has 0 aliphatic carbocycles. The highest BCUT2D eigenvalue weighted by molar-refractivity contribution is 5.88. The molecule has 0 spiro atoms. The Morgan fingerprint density at radius 1 is 1.13 bits per heavy atom. The van der Waals surface area contributed by atoms with E-state index in [9.17, 15) is 18.4 Å². The third kappa shape index (κ3) is 5.81. The smallest absolute Gasteiger partial charge is 0.387 e. The Bertz CT molecular complexity index is 933. The lowest BCUT2D eigenvalue weighted by Crippen LogP contribution is -2.52. The van der Waals surface area contributed by atoms with Gasteiger partial charge in [0.25, 0.3) is 0 Å². The molecule has 3 rings (SSSR count). The van der Waals surface area contributed by atoms with Gasteiger partial charge < -0.3 is 14.5 Å². The molecular weight excluding hydrogens is 402 g/mol. The molecule has 0 fully saturated rings. The Kier molecular flexibility index (Phi) is 7.25. The monoisotopic (exact) mass is 430 g/mol. The normalized spacial score (nSPS) is 15.7. The number of carbonyl (C=O) groups is 2. The van der Waals surface area contributed by atoms with Crippen LogP contribution in [0.15, 0.2) is 48.5 Å². The lowest BCUT2D eigenvalue weighted by Gasteiger charge is -2.38. The lowest BCUT2D eigenvalue weighted by molar-refractivity contribution is -0.147. The Morgan fingerprint density at radius 3 is 2.52 bits per heavy atom. The standard InChI is InChI=1S/C24H28F2N2O3/c1-16(2)11-22(29)28-15-19-9-5-4-8-18(19)13-21(28)23(30)27(3)14-17-7-6-10-20(12-17)31-24(25)26/h4-10,12,16,21,24H,11,13-15H2,1-3H3. The van der Waals surface area contributed by atoms with Gasteiger partial charge in [-0.2, -0.15) is 8.78 Å². The first kappa shape index (κ1) is 22.7. The van der Waals surface area contributed by atoms with Crippen LogP contribution in [0.1, 0.15) is 37.0 Å². The molecule has 0 aromatic heterocycles. The Hall–Kier alpha value is -2.96. The average molecular weight is 430 g/mol. The van der Waals surface area contributed by atoms with Gasteiger partial charge in [0, 0.05) is 33.0 Å². The summed E-state index contributed by atoms with van der Waals surface area (Å²) in [4.78, 5) is 29.5. The number of halogens is 2. The van der Waals surface area contributed by atoms with E-state index in [0.29, 0.717) is 24.9 Å². The van der Waals surface area contributed by atoms with Crippen LogP contribution in [0.25, 0.3) is 0 Å². The summed E-state index contributed by atoms with van der Waals surface area (Å²) in [5.74, 6) is 0.0276. The zero-order chi connectivity index (χ0) is 22.5. The topological polar surface area (TPSA) is 49.9 Å². The number of benzene rings is 2. The maximum absolute atomic E-state index is 13.4. The molecule has 0 N–H and O–H groups in total. The third-order valence-electron chi connectivity index (χ3n) is 5.36. The minimum absolute atomic E-state index is 0.0383. The van der Waals surface area contributed by atoms with Crippen molar-refractivity contribution in [3.05, 3.63) is 65.2 Å². The molecule has 0 saturated heterocycles. The number of ether oxygens (including phenoxy) is 1. The Morgan fingerprint density at radius 2 is 1.84 bits per heavy atom. The SMILES string of the molecule is CC(C)CC(=O)N1Cc2ccccc2CC1C(=O)N(C)Cc1cccc(OC(F)F)c1. The molecule has 1 unspecified atom stereocenters. The largest absolute Gasteiger partial charge is 0.435 e. The van der Waals surface area contributed by atoms with Crippen LogP contribution < -0.4 is 4.74 Å². The minimum atomic E-state index is -2.91. The van der Waals surface area contributed by atoms with Crippen LogP contribution in [-0.4, -0.2) is 41.3 Å². The molecule has 1 atom stereocenters.